The minimum atomic E-state index is -0.781. The van der Waals surface area contributed by atoms with Crippen LogP contribution in [-0.4, -0.2) is 17.9 Å². The highest BCUT2D eigenvalue weighted by molar-refractivity contribution is 6.34. The average Bonchev–Trinajstić information content (AvgIpc) is 2.55. The molecule has 4 nitrogen and oxygen atoms in total. The Hall–Kier alpha value is -1.68. The van der Waals surface area contributed by atoms with Crippen LogP contribution in [0.3, 0.4) is 0 Å². The molecule has 1 aromatic rings. The van der Waals surface area contributed by atoms with Gasteiger partial charge in [0.2, 0.25) is 0 Å². The molecule has 0 bridgehead atoms. The van der Waals surface area contributed by atoms with Crippen molar-refractivity contribution in [3.05, 3.63) is 29.3 Å². The molecule has 0 radical (unpaired) electrons. The minimum absolute atomic E-state index is 0.361. The molecule has 0 saturated heterocycles. The van der Waals surface area contributed by atoms with E-state index in [1.165, 1.54) is 5.01 Å². The minimum Gasteiger partial charge on any atom is -0.302 e. The van der Waals surface area contributed by atoms with Gasteiger partial charge in [0.15, 0.2) is 0 Å². The molecule has 0 N–H and O–H groups in total. The van der Waals surface area contributed by atoms with E-state index in [1.54, 1.807) is 31.2 Å². The van der Waals surface area contributed by atoms with Gasteiger partial charge in [-0.1, -0.05) is 23.7 Å². The first-order valence-corrected chi connectivity index (χ1v) is 5.12. The number of rotatable bonds is 2. The molecule has 2 rings (SSSR count). The van der Waals surface area contributed by atoms with Crippen molar-refractivity contribution >= 4 is 35.2 Å². The standard InChI is InChI=1S/C11H9ClN2O2/c1-7-8(6-15)11(16)14(13-7)10-5-3-2-4-9(10)12/h2-6,8H,1H3. The van der Waals surface area contributed by atoms with E-state index in [1.807, 2.05) is 0 Å². The van der Waals surface area contributed by atoms with Crippen molar-refractivity contribution in [1.29, 1.82) is 0 Å². The quantitative estimate of drug-likeness (QED) is 0.582. The fourth-order valence-corrected chi connectivity index (χ4v) is 1.75. The first kappa shape index (κ1) is 10.8. The second-order valence-corrected chi connectivity index (χ2v) is 3.86. The van der Waals surface area contributed by atoms with Gasteiger partial charge in [-0.2, -0.15) is 10.1 Å². The summed E-state index contributed by atoms with van der Waals surface area (Å²) in [6.07, 6.45) is 0.595. The molecule has 0 aliphatic carbocycles. The predicted molar refractivity (Wildman–Crippen MR) is 61.6 cm³/mol. The first-order valence-electron chi connectivity index (χ1n) is 4.74. The summed E-state index contributed by atoms with van der Waals surface area (Å²) in [6.45, 7) is 1.65. The third kappa shape index (κ3) is 1.61. The van der Waals surface area contributed by atoms with Gasteiger partial charge in [0.25, 0.3) is 5.91 Å². The van der Waals surface area contributed by atoms with Gasteiger partial charge in [-0.25, -0.2) is 0 Å². The van der Waals surface area contributed by atoms with E-state index in [2.05, 4.69) is 5.10 Å². The van der Waals surface area contributed by atoms with Crippen LogP contribution < -0.4 is 5.01 Å². The third-order valence-corrected chi connectivity index (χ3v) is 2.72. The predicted octanol–water partition coefficient (Wildman–Crippen LogP) is 1.88. The lowest BCUT2D eigenvalue weighted by Gasteiger charge is -2.13. The summed E-state index contributed by atoms with van der Waals surface area (Å²) < 4.78 is 0. The molecule has 16 heavy (non-hydrogen) atoms. The molecular formula is C11H9ClN2O2. The fraction of sp³-hybridized carbons (Fsp3) is 0.182. The first-order chi connectivity index (χ1) is 7.65. The lowest BCUT2D eigenvalue weighted by molar-refractivity contribution is -0.123. The number of anilines is 1. The van der Waals surface area contributed by atoms with Gasteiger partial charge in [0.05, 0.1) is 16.4 Å². The van der Waals surface area contributed by atoms with Gasteiger partial charge < -0.3 is 4.79 Å². The van der Waals surface area contributed by atoms with E-state index in [0.29, 0.717) is 22.7 Å². The van der Waals surface area contributed by atoms with E-state index in [4.69, 9.17) is 11.6 Å². The Labute approximate surface area is 97.5 Å². The summed E-state index contributed by atoms with van der Waals surface area (Å²) in [5, 5.41) is 5.64. The Morgan fingerprint density at radius 3 is 2.69 bits per heavy atom. The smallest absolute Gasteiger partial charge is 0.263 e. The van der Waals surface area contributed by atoms with Crippen molar-refractivity contribution in [2.75, 3.05) is 5.01 Å². The van der Waals surface area contributed by atoms with E-state index in [-0.39, 0.29) is 5.91 Å². The Bertz CT molecular complexity index is 485. The molecule has 5 heteroatoms. The number of amides is 1. The molecule has 0 aromatic heterocycles. The zero-order valence-corrected chi connectivity index (χ0v) is 9.31. The highest BCUT2D eigenvalue weighted by Gasteiger charge is 2.34. The number of aldehydes is 1. The molecule has 1 heterocycles. The van der Waals surface area contributed by atoms with Crippen LogP contribution >= 0.6 is 11.6 Å². The molecular weight excluding hydrogens is 228 g/mol. The van der Waals surface area contributed by atoms with E-state index in [0.717, 1.165) is 0 Å². The SMILES string of the molecule is CC1=NN(c2ccccc2Cl)C(=O)C1C=O. The molecule has 1 aliphatic rings. The van der Waals surface area contributed by atoms with Crippen molar-refractivity contribution in [1.82, 2.24) is 0 Å². The van der Waals surface area contributed by atoms with Crippen molar-refractivity contribution < 1.29 is 9.59 Å². The summed E-state index contributed by atoms with van der Waals surface area (Å²) in [7, 11) is 0. The topological polar surface area (TPSA) is 49.7 Å². The Balaban J connectivity index is 2.42. The molecule has 1 atom stereocenters. The summed E-state index contributed by atoms with van der Waals surface area (Å²) in [5.74, 6) is -1.14. The number of benzene rings is 1. The zero-order valence-electron chi connectivity index (χ0n) is 8.55. The van der Waals surface area contributed by atoms with Gasteiger partial charge >= 0.3 is 0 Å². The molecule has 0 fully saturated rings. The number of hydrogen-bond acceptors (Lipinski definition) is 3. The van der Waals surface area contributed by atoms with Crippen LogP contribution in [0.4, 0.5) is 5.69 Å². The second-order valence-electron chi connectivity index (χ2n) is 3.46. The normalized spacial score (nSPS) is 19.9. The summed E-state index contributed by atoms with van der Waals surface area (Å²) in [6, 6.07) is 6.88. The number of halogens is 1. The number of para-hydroxylation sites is 1. The van der Waals surface area contributed by atoms with Gasteiger partial charge in [0, 0.05) is 0 Å². The monoisotopic (exact) mass is 236 g/mol. The van der Waals surface area contributed by atoms with Crippen LogP contribution in [0, 0.1) is 5.92 Å². The second kappa shape index (κ2) is 4.06. The summed E-state index contributed by atoms with van der Waals surface area (Å²) in [5.41, 5.74) is 0.984. The number of hydrogen-bond donors (Lipinski definition) is 0. The van der Waals surface area contributed by atoms with Crippen LogP contribution in [0.15, 0.2) is 29.4 Å². The fourth-order valence-electron chi connectivity index (χ4n) is 1.53. The van der Waals surface area contributed by atoms with Gasteiger partial charge in [-0.3, -0.25) is 4.79 Å². The van der Waals surface area contributed by atoms with Crippen LogP contribution in [0.2, 0.25) is 5.02 Å². The summed E-state index contributed by atoms with van der Waals surface area (Å²) in [4.78, 5) is 22.5. The van der Waals surface area contributed by atoms with E-state index in [9.17, 15) is 9.59 Å². The maximum atomic E-state index is 11.8. The van der Waals surface area contributed by atoms with E-state index < -0.39 is 5.92 Å². The highest BCUT2D eigenvalue weighted by Crippen LogP contribution is 2.29. The Kier molecular flexibility index (Phi) is 2.75. The maximum Gasteiger partial charge on any atom is 0.263 e. The Morgan fingerprint density at radius 2 is 2.12 bits per heavy atom. The van der Waals surface area contributed by atoms with Gasteiger partial charge in [-0.05, 0) is 19.1 Å². The van der Waals surface area contributed by atoms with Crippen LogP contribution in [0.1, 0.15) is 6.92 Å². The van der Waals surface area contributed by atoms with Crippen molar-refractivity contribution in [3.8, 4) is 0 Å². The van der Waals surface area contributed by atoms with Crippen molar-refractivity contribution in [3.63, 3.8) is 0 Å². The molecule has 1 unspecified atom stereocenters. The highest BCUT2D eigenvalue weighted by atomic mass is 35.5. The number of carbonyl (C=O) groups is 2. The largest absolute Gasteiger partial charge is 0.302 e. The van der Waals surface area contributed by atoms with Crippen molar-refractivity contribution in [2.45, 2.75) is 6.92 Å². The van der Waals surface area contributed by atoms with Crippen molar-refractivity contribution in [2.24, 2.45) is 11.0 Å². The lowest BCUT2D eigenvalue weighted by atomic mass is 10.1. The van der Waals surface area contributed by atoms with Crippen LogP contribution in [0.25, 0.3) is 0 Å². The average molecular weight is 237 g/mol. The molecule has 0 saturated carbocycles. The van der Waals surface area contributed by atoms with Crippen LogP contribution in [0.5, 0.6) is 0 Å². The number of nitrogens with zero attached hydrogens (tertiary/aromatic N) is 2. The Morgan fingerprint density at radius 1 is 1.44 bits per heavy atom. The zero-order chi connectivity index (χ0) is 11.7. The summed E-state index contributed by atoms with van der Waals surface area (Å²) >= 11 is 5.96. The molecule has 0 spiro atoms. The molecule has 1 aromatic carbocycles. The molecule has 1 amide bonds. The number of hydrazone groups is 1. The molecule has 1 aliphatic heterocycles. The third-order valence-electron chi connectivity index (χ3n) is 2.40. The molecule has 82 valence electrons. The van der Waals surface area contributed by atoms with Crippen LogP contribution in [-0.2, 0) is 9.59 Å². The number of carbonyl (C=O) groups excluding carboxylic acids is 2. The maximum absolute atomic E-state index is 11.8. The lowest BCUT2D eigenvalue weighted by Crippen LogP contribution is -2.27. The van der Waals surface area contributed by atoms with Gasteiger partial charge in [0.1, 0.15) is 12.2 Å². The van der Waals surface area contributed by atoms with Gasteiger partial charge in [-0.15, -0.1) is 0 Å². The van der Waals surface area contributed by atoms with E-state index >= 15 is 0 Å².